The summed E-state index contributed by atoms with van der Waals surface area (Å²) in [6, 6.07) is 10.0. The van der Waals surface area contributed by atoms with Crippen LogP contribution in [0.1, 0.15) is 57.7 Å². The minimum atomic E-state index is 0.265. The van der Waals surface area contributed by atoms with E-state index in [4.69, 9.17) is 16.4 Å². The summed E-state index contributed by atoms with van der Waals surface area (Å²) in [5, 5.41) is 22.8. The lowest BCUT2D eigenvalue weighted by atomic mass is 9.99. The fourth-order valence-electron chi connectivity index (χ4n) is 3.40. The lowest BCUT2D eigenvalue weighted by molar-refractivity contribution is 0.309. The first kappa shape index (κ1) is 27.4. The van der Waals surface area contributed by atoms with Gasteiger partial charge < -0.3 is 15.4 Å². The van der Waals surface area contributed by atoms with Crippen molar-refractivity contribution in [1.82, 2.24) is 25.5 Å². The number of aromatic nitrogens is 4. The van der Waals surface area contributed by atoms with Gasteiger partial charge in [0, 0.05) is 18.1 Å². The van der Waals surface area contributed by atoms with Gasteiger partial charge in [-0.1, -0.05) is 39.3 Å². The molecule has 2 heterocycles. The van der Waals surface area contributed by atoms with Crippen molar-refractivity contribution in [3.05, 3.63) is 47.9 Å². The molecule has 3 rings (SSSR count). The molecule has 3 N–H and O–H groups in total. The van der Waals surface area contributed by atoms with Gasteiger partial charge in [-0.05, 0) is 44.0 Å². The van der Waals surface area contributed by atoms with Gasteiger partial charge in [0.1, 0.15) is 17.6 Å². The number of ether oxygens (including phenoxy) is 1. The minimum absolute atomic E-state index is 0.265. The number of nitrogens with one attached hydrogen (secondary N) is 3. The van der Waals surface area contributed by atoms with Gasteiger partial charge in [0.25, 0.3) is 0 Å². The first-order chi connectivity index (χ1) is 17.2. The zero-order valence-corrected chi connectivity index (χ0v) is 20.9. The highest BCUT2D eigenvalue weighted by Crippen LogP contribution is 2.34. The van der Waals surface area contributed by atoms with Crippen molar-refractivity contribution >= 4 is 11.6 Å². The van der Waals surface area contributed by atoms with Crippen molar-refractivity contribution in [1.29, 1.82) is 5.26 Å². The fourth-order valence-corrected chi connectivity index (χ4v) is 3.40. The summed E-state index contributed by atoms with van der Waals surface area (Å²) in [5.74, 6) is 4.61. The molecule has 1 aromatic carbocycles. The van der Waals surface area contributed by atoms with E-state index < -0.39 is 0 Å². The van der Waals surface area contributed by atoms with Crippen LogP contribution in [0.4, 0.5) is 11.6 Å². The number of H-pyrrole nitrogens is 1. The number of nitriles is 1. The number of hydrogen-bond donors (Lipinski definition) is 3. The number of nitrogens with zero attached hydrogens (tertiary/aromatic N) is 4. The van der Waals surface area contributed by atoms with Crippen molar-refractivity contribution < 1.29 is 4.74 Å². The van der Waals surface area contributed by atoms with Gasteiger partial charge in [0.05, 0.1) is 24.7 Å². The summed E-state index contributed by atoms with van der Waals surface area (Å²) in [6.07, 6.45) is 12.9. The normalized spacial score (nSPS) is 9.97. The number of anilines is 2. The highest BCUT2D eigenvalue weighted by atomic mass is 16.5. The van der Waals surface area contributed by atoms with Crippen LogP contribution in [-0.2, 0) is 6.42 Å². The molecule has 184 valence electrons. The van der Waals surface area contributed by atoms with Gasteiger partial charge >= 0.3 is 0 Å². The molecular formula is C27H35N7O. The molecular weight excluding hydrogens is 438 g/mol. The Bertz CT molecular complexity index is 1090. The van der Waals surface area contributed by atoms with Crippen LogP contribution in [0.25, 0.3) is 11.3 Å². The molecule has 2 aromatic heterocycles. The first-order valence-electron chi connectivity index (χ1n) is 12.2. The first-order valence-corrected chi connectivity index (χ1v) is 12.2. The van der Waals surface area contributed by atoms with E-state index in [9.17, 15) is 0 Å². The quantitative estimate of drug-likeness (QED) is 0.230. The molecule has 0 saturated carbocycles. The van der Waals surface area contributed by atoms with Crippen LogP contribution in [0, 0.1) is 23.7 Å². The maximum absolute atomic E-state index is 8.87. The van der Waals surface area contributed by atoms with Crippen molar-refractivity contribution in [3.8, 4) is 35.4 Å². The Balaban J connectivity index is 0.00000210. The molecule has 0 aliphatic carbocycles. The zero-order chi connectivity index (χ0) is 25.3. The Morgan fingerprint density at radius 3 is 2.66 bits per heavy atom. The molecule has 8 heteroatoms. The van der Waals surface area contributed by atoms with Gasteiger partial charge in [0.15, 0.2) is 11.5 Å². The van der Waals surface area contributed by atoms with Gasteiger partial charge in [-0.25, -0.2) is 9.97 Å². The maximum Gasteiger partial charge on any atom is 0.158 e. The molecule has 0 aliphatic rings. The van der Waals surface area contributed by atoms with E-state index in [1.165, 1.54) is 18.0 Å². The molecule has 0 radical (unpaired) electrons. The monoisotopic (exact) mass is 473 g/mol. The number of terminal acetylenes is 1. The minimum Gasteiger partial charge on any atom is -0.493 e. The number of benzene rings is 1. The Kier molecular flexibility index (Phi) is 12.4. The molecule has 0 atom stereocenters. The van der Waals surface area contributed by atoms with E-state index in [2.05, 4.69) is 49.7 Å². The lowest BCUT2D eigenvalue weighted by Gasteiger charge is -2.14. The van der Waals surface area contributed by atoms with Crippen molar-refractivity contribution in [2.24, 2.45) is 0 Å². The summed E-state index contributed by atoms with van der Waals surface area (Å²) in [5.41, 5.74) is 3.36. The predicted molar refractivity (Wildman–Crippen MR) is 140 cm³/mol. The lowest BCUT2D eigenvalue weighted by Crippen LogP contribution is -2.18. The van der Waals surface area contributed by atoms with Gasteiger partial charge in [-0.15, -0.1) is 12.3 Å². The fraction of sp³-hybridized carbons (Fsp3) is 0.407. The van der Waals surface area contributed by atoms with Crippen LogP contribution >= 0.6 is 0 Å². The van der Waals surface area contributed by atoms with Gasteiger partial charge in [0.2, 0.25) is 0 Å². The van der Waals surface area contributed by atoms with E-state index in [1.54, 1.807) is 0 Å². The van der Waals surface area contributed by atoms with Crippen molar-refractivity contribution in [3.63, 3.8) is 0 Å². The predicted octanol–water partition coefficient (Wildman–Crippen LogP) is 5.23. The van der Waals surface area contributed by atoms with Crippen molar-refractivity contribution in [2.45, 2.75) is 52.9 Å². The average molecular weight is 474 g/mol. The number of aromatic amines is 1. The summed E-state index contributed by atoms with van der Waals surface area (Å²) in [4.78, 5) is 8.20. The number of rotatable bonds is 13. The Labute approximate surface area is 208 Å². The largest absolute Gasteiger partial charge is 0.493 e. The number of unbranched alkanes of at least 4 members (excludes halogenated alkanes) is 1. The summed E-state index contributed by atoms with van der Waals surface area (Å²) in [6.45, 7) is 8.59. The summed E-state index contributed by atoms with van der Waals surface area (Å²) < 4.78 is 6.17. The molecule has 0 fully saturated rings. The highest BCUT2D eigenvalue weighted by molar-refractivity contribution is 5.73. The third-order valence-electron chi connectivity index (χ3n) is 4.93. The second-order valence-corrected chi connectivity index (χ2v) is 7.49. The van der Waals surface area contributed by atoms with E-state index in [1.807, 2.05) is 38.1 Å². The number of hydrogen-bond acceptors (Lipinski definition) is 7. The van der Waals surface area contributed by atoms with E-state index in [0.717, 1.165) is 62.2 Å². The Morgan fingerprint density at radius 1 is 1.11 bits per heavy atom. The second kappa shape index (κ2) is 15.9. The van der Waals surface area contributed by atoms with Gasteiger partial charge in [-0.2, -0.15) is 10.4 Å². The van der Waals surface area contributed by atoms with Gasteiger partial charge in [-0.3, -0.25) is 5.10 Å². The molecule has 0 aliphatic heterocycles. The summed E-state index contributed by atoms with van der Waals surface area (Å²) in [7, 11) is 0. The average Bonchev–Trinajstić information content (AvgIpc) is 3.35. The van der Waals surface area contributed by atoms with Crippen LogP contribution in [0.3, 0.4) is 0 Å². The SMILES string of the molecule is C#CCCCNCCCOc1cccc(CCC)c1-c1cc(Nc2cnc(C#N)cn2)n[nH]1.CC. The number of aryl methyl sites for hydroxylation is 1. The molecule has 0 spiro atoms. The zero-order valence-electron chi connectivity index (χ0n) is 20.9. The molecule has 0 amide bonds. The molecule has 3 aromatic rings. The topological polar surface area (TPSA) is 112 Å². The molecule has 35 heavy (non-hydrogen) atoms. The maximum atomic E-state index is 8.87. The Morgan fingerprint density at radius 2 is 1.94 bits per heavy atom. The van der Waals surface area contributed by atoms with Crippen LogP contribution < -0.4 is 15.4 Å². The van der Waals surface area contributed by atoms with Crippen LogP contribution in [0.5, 0.6) is 5.75 Å². The van der Waals surface area contributed by atoms with E-state index in [0.29, 0.717) is 18.2 Å². The highest BCUT2D eigenvalue weighted by Gasteiger charge is 2.15. The Hall–Kier alpha value is -3.88. The smallest absolute Gasteiger partial charge is 0.158 e. The van der Waals surface area contributed by atoms with E-state index >= 15 is 0 Å². The molecule has 0 bridgehead atoms. The molecule has 0 unspecified atom stereocenters. The van der Waals surface area contributed by atoms with E-state index in [-0.39, 0.29) is 5.69 Å². The second-order valence-electron chi connectivity index (χ2n) is 7.49. The third-order valence-corrected chi connectivity index (χ3v) is 4.93. The van der Waals surface area contributed by atoms with Crippen LogP contribution in [0.15, 0.2) is 36.7 Å². The molecule has 8 nitrogen and oxygen atoms in total. The van der Waals surface area contributed by atoms with Crippen LogP contribution in [-0.4, -0.2) is 39.9 Å². The summed E-state index contributed by atoms with van der Waals surface area (Å²) >= 11 is 0. The third kappa shape index (κ3) is 8.77. The van der Waals surface area contributed by atoms with Crippen LogP contribution in [0.2, 0.25) is 0 Å². The van der Waals surface area contributed by atoms with Crippen molar-refractivity contribution in [2.75, 3.05) is 25.0 Å². The standard InChI is InChI=1S/C25H29N7O.C2H6/c1-3-5-6-12-27-13-8-14-33-22-11-7-10-19(9-4-2)25(22)21-15-23(32-31-21)30-24-18-28-20(16-26)17-29-24;1-2/h1,7,10-11,15,17-18,27H,4-6,8-9,12-14H2,2H3,(H2,29,30,31,32);1-2H3. The molecule has 0 saturated heterocycles.